The highest BCUT2D eigenvalue weighted by Gasteiger charge is 2.20. The smallest absolute Gasteiger partial charge is 0.178 e. The topological polar surface area (TPSA) is 77.6 Å². The van der Waals surface area contributed by atoms with E-state index in [1.165, 1.54) is 22.5 Å². The molecule has 0 radical (unpaired) electrons. The van der Waals surface area contributed by atoms with Crippen LogP contribution in [0.5, 0.6) is 0 Å². The Balaban J connectivity index is 1.46. The normalized spacial score (nSPS) is 21.7. The number of H-pyrrole nitrogens is 2. The predicted molar refractivity (Wildman–Crippen MR) is 105 cm³/mol. The number of allylic oxidation sites excluding steroid dienone is 2. The van der Waals surface area contributed by atoms with Crippen LogP contribution >= 0.6 is 10.9 Å². The van der Waals surface area contributed by atoms with Crippen molar-refractivity contribution in [3.63, 3.8) is 0 Å². The molecular weight excluding hydrogens is 344 g/mol. The Morgan fingerprint density at radius 1 is 1.19 bits per heavy atom. The summed E-state index contributed by atoms with van der Waals surface area (Å²) in [5.74, 6) is 0.453. The molecule has 0 fully saturated rings. The fraction of sp³-hybridized carbons (Fsp3) is 0.200. The molecule has 1 aromatic carbocycles. The van der Waals surface area contributed by atoms with Crippen LogP contribution in [-0.4, -0.2) is 25.3 Å². The van der Waals surface area contributed by atoms with Crippen LogP contribution in [0.3, 0.4) is 0 Å². The number of benzene rings is 1. The van der Waals surface area contributed by atoms with Gasteiger partial charge < -0.3 is 10.1 Å². The molecule has 0 amide bonds. The van der Waals surface area contributed by atoms with Crippen molar-refractivity contribution >= 4 is 10.9 Å². The van der Waals surface area contributed by atoms with Crippen molar-refractivity contribution in [2.45, 2.75) is 29.2 Å². The molecule has 0 saturated heterocycles. The molecule has 0 aliphatic carbocycles. The third-order valence-electron chi connectivity index (χ3n) is 4.54. The van der Waals surface area contributed by atoms with Crippen LogP contribution in [0, 0.1) is 0 Å². The fourth-order valence-corrected chi connectivity index (χ4v) is 5.42. The quantitative estimate of drug-likeness (QED) is 0.498. The number of aromatic nitrogens is 4. The van der Waals surface area contributed by atoms with Gasteiger partial charge in [-0.05, 0) is 35.4 Å². The number of aryl methyl sites for hydroxylation is 1. The van der Waals surface area contributed by atoms with E-state index in [-0.39, 0.29) is 0 Å². The Labute approximate surface area is 155 Å². The first-order chi connectivity index (χ1) is 12.8. The summed E-state index contributed by atoms with van der Waals surface area (Å²) >= 11 is 0. The minimum Gasteiger partial charge on any atom is -0.385 e. The number of hydrogen-bond acceptors (Lipinski definition) is 3. The zero-order chi connectivity index (χ0) is 17.8. The van der Waals surface area contributed by atoms with E-state index in [0.29, 0.717) is 17.5 Å². The van der Waals surface area contributed by atoms with Crippen LogP contribution in [-0.2, 0) is 6.42 Å². The van der Waals surface area contributed by atoms with E-state index in [4.69, 9.17) is 0 Å². The van der Waals surface area contributed by atoms with E-state index in [2.05, 4.69) is 86.4 Å². The maximum absolute atomic E-state index is 10.1. The highest BCUT2D eigenvalue weighted by atomic mass is 32.2. The summed E-state index contributed by atoms with van der Waals surface area (Å²) in [4.78, 5) is 7.47. The van der Waals surface area contributed by atoms with Crippen molar-refractivity contribution in [3.8, 4) is 0 Å². The largest absolute Gasteiger partial charge is 0.385 e. The molecule has 3 atom stereocenters. The summed E-state index contributed by atoms with van der Waals surface area (Å²) in [6, 6.07) is 12.9. The van der Waals surface area contributed by atoms with E-state index < -0.39 is 17.0 Å². The van der Waals surface area contributed by atoms with Crippen LogP contribution in [0.1, 0.15) is 34.7 Å². The molecule has 0 spiro atoms. The second kappa shape index (κ2) is 7.76. The van der Waals surface area contributed by atoms with Crippen molar-refractivity contribution < 1.29 is 5.11 Å². The van der Waals surface area contributed by atoms with Gasteiger partial charge in [0.25, 0.3) is 0 Å². The van der Waals surface area contributed by atoms with Gasteiger partial charge in [0.15, 0.2) is 5.82 Å². The summed E-state index contributed by atoms with van der Waals surface area (Å²) in [5, 5.41) is 20.7. The van der Waals surface area contributed by atoms with E-state index in [1.54, 1.807) is 0 Å². The lowest BCUT2D eigenvalue weighted by Crippen LogP contribution is -2.01. The minimum absolute atomic E-state index is 0.390. The highest BCUT2D eigenvalue weighted by Crippen LogP contribution is 2.52. The van der Waals surface area contributed by atoms with Gasteiger partial charge in [0.2, 0.25) is 0 Å². The molecule has 6 heteroatoms. The van der Waals surface area contributed by atoms with Crippen LogP contribution < -0.4 is 0 Å². The number of aliphatic hydroxyl groups excluding tert-OH is 1. The minimum atomic E-state index is -0.639. The Bertz CT molecular complexity index is 886. The number of thiol groups is 1. The number of rotatable bonds is 6. The van der Waals surface area contributed by atoms with Gasteiger partial charge in [-0.2, -0.15) is 16.0 Å². The molecule has 5 nitrogen and oxygen atoms in total. The lowest BCUT2D eigenvalue weighted by molar-refractivity contribution is 0.158. The van der Waals surface area contributed by atoms with E-state index >= 15 is 0 Å². The lowest BCUT2D eigenvalue weighted by atomic mass is 10.1. The van der Waals surface area contributed by atoms with Crippen LogP contribution in [0.4, 0.5) is 0 Å². The molecule has 2 aromatic heterocycles. The molecule has 3 aromatic rings. The summed E-state index contributed by atoms with van der Waals surface area (Å²) < 4.78 is 0. The summed E-state index contributed by atoms with van der Waals surface area (Å²) in [5.41, 5.74) is 2.54. The molecule has 0 bridgehead atoms. The molecule has 3 heterocycles. The zero-order valence-electron chi connectivity index (χ0n) is 14.3. The maximum atomic E-state index is 10.1. The van der Waals surface area contributed by atoms with Crippen LogP contribution in [0.15, 0.2) is 77.6 Å². The van der Waals surface area contributed by atoms with Gasteiger partial charge in [-0.15, -0.1) is 0 Å². The summed E-state index contributed by atoms with van der Waals surface area (Å²) in [6.07, 6.45) is 10.8. The Morgan fingerprint density at radius 3 is 2.88 bits per heavy atom. The van der Waals surface area contributed by atoms with Gasteiger partial charge >= 0.3 is 0 Å². The molecule has 0 saturated carbocycles. The second-order valence-electron chi connectivity index (χ2n) is 6.29. The number of hydrogen-bond donors (Lipinski definition) is 4. The first-order valence-electron chi connectivity index (χ1n) is 8.70. The van der Waals surface area contributed by atoms with E-state index in [9.17, 15) is 5.11 Å². The molecule has 3 unspecified atom stereocenters. The first kappa shape index (κ1) is 16.9. The molecule has 1 aliphatic rings. The third-order valence-corrected chi connectivity index (χ3v) is 6.91. The standard InChI is InChI=1S/C20H22N4OS/c25-17(20-22-14-23-24-20)10-9-15-12-19(21-13-15)26-11-5-4-8-18(26)16-6-2-1-3-7-16/h1-8,11-14,17-18,21,25-26H,9-10H2,(H,22,23,24). The summed E-state index contributed by atoms with van der Waals surface area (Å²) in [7, 11) is -0.463. The van der Waals surface area contributed by atoms with Gasteiger partial charge in [0.05, 0.1) is 5.03 Å². The SMILES string of the molecule is OC(CCc1c[nH]c([SH]2C=CC=CC2c2ccccc2)c1)c1nc[nH]n1. The predicted octanol–water partition coefficient (Wildman–Crippen LogP) is 3.98. The van der Waals surface area contributed by atoms with Gasteiger partial charge in [-0.1, -0.05) is 48.6 Å². The molecule has 1 aliphatic heterocycles. The highest BCUT2D eigenvalue weighted by molar-refractivity contribution is 8.19. The monoisotopic (exact) mass is 366 g/mol. The summed E-state index contributed by atoms with van der Waals surface area (Å²) in [6.45, 7) is 0. The number of nitrogens with zero attached hydrogens (tertiary/aromatic N) is 2. The molecule has 4 rings (SSSR count). The molecule has 26 heavy (non-hydrogen) atoms. The molecule has 134 valence electrons. The second-order valence-corrected chi connectivity index (χ2v) is 8.44. The lowest BCUT2D eigenvalue weighted by Gasteiger charge is -2.27. The third kappa shape index (κ3) is 3.66. The van der Waals surface area contributed by atoms with Crippen molar-refractivity contribution in [1.82, 2.24) is 20.2 Å². The maximum Gasteiger partial charge on any atom is 0.178 e. The van der Waals surface area contributed by atoms with Gasteiger partial charge in [0, 0.05) is 11.4 Å². The average molecular weight is 366 g/mol. The molecular formula is C20H22N4OS. The zero-order valence-corrected chi connectivity index (χ0v) is 15.2. The fourth-order valence-electron chi connectivity index (χ4n) is 3.18. The Morgan fingerprint density at radius 2 is 2.08 bits per heavy atom. The number of aliphatic hydroxyl groups is 1. The van der Waals surface area contributed by atoms with Crippen LogP contribution in [0.25, 0.3) is 0 Å². The van der Waals surface area contributed by atoms with E-state index in [1.807, 2.05) is 0 Å². The number of nitrogens with one attached hydrogen (secondary N) is 2. The van der Waals surface area contributed by atoms with Gasteiger partial charge in [-0.3, -0.25) is 5.10 Å². The van der Waals surface area contributed by atoms with E-state index in [0.717, 1.165) is 6.42 Å². The first-order valence-corrected chi connectivity index (χ1v) is 10.2. The van der Waals surface area contributed by atoms with Gasteiger partial charge in [0.1, 0.15) is 12.4 Å². The Hall–Kier alpha value is -2.57. The number of aromatic amines is 2. The van der Waals surface area contributed by atoms with Crippen molar-refractivity contribution in [3.05, 3.63) is 89.5 Å². The van der Waals surface area contributed by atoms with Crippen molar-refractivity contribution in [2.24, 2.45) is 0 Å². The van der Waals surface area contributed by atoms with Crippen molar-refractivity contribution in [2.75, 3.05) is 0 Å². The average Bonchev–Trinajstić information content (AvgIpc) is 3.39. The molecule has 3 N–H and O–H groups in total. The van der Waals surface area contributed by atoms with Crippen molar-refractivity contribution in [1.29, 1.82) is 0 Å². The Kier molecular flexibility index (Phi) is 5.04. The van der Waals surface area contributed by atoms with Crippen LogP contribution in [0.2, 0.25) is 0 Å². The van der Waals surface area contributed by atoms with Gasteiger partial charge in [-0.25, -0.2) is 4.98 Å².